The zero-order valence-electron chi connectivity index (χ0n) is 14.5. The molecule has 1 aromatic heterocycles. The fourth-order valence-electron chi connectivity index (χ4n) is 2.36. The van der Waals surface area contributed by atoms with E-state index in [1.165, 1.54) is 0 Å². The molecule has 0 spiro atoms. The van der Waals surface area contributed by atoms with Crippen LogP contribution in [0.2, 0.25) is 0 Å². The highest BCUT2D eigenvalue weighted by Gasteiger charge is 2.22. The summed E-state index contributed by atoms with van der Waals surface area (Å²) >= 11 is 0. The van der Waals surface area contributed by atoms with Crippen LogP contribution in [0.15, 0.2) is 10.5 Å². The molecule has 22 heavy (non-hydrogen) atoms. The topological polar surface area (TPSA) is 62.6 Å². The first-order valence-electron chi connectivity index (χ1n) is 7.86. The molecular weight excluding hydrogens is 280 g/mol. The predicted molar refractivity (Wildman–Crippen MR) is 86.8 cm³/mol. The number of rotatable bonds is 7. The second kappa shape index (κ2) is 8.01. The monoisotopic (exact) mass is 308 g/mol. The largest absolute Gasteiger partial charge is 0.466 e. The number of furan rings is 1. The number of nitrogens with one attached hydrogen (secondary N) is 1. The van der Waals surface area contributed by atoms with Crippen molar-refractivity contribution in [3.8, 4) is 0 Å². The van der Waals surface area contributed by atoms with Gasteiger partial charge in [0.15, 0.2) is 0 Å². The van der Waals surface area contributed by atoms with Crippen molar-refractivity contribution in [1.29, 1.82) is 0 Å². The van der Waals surface area contributed by atoms with E-state index in [2.05, 4.69) is 19.2 Å². The lowest BCUT2D eigenvalue weighted by atomic mass is 10.1. The molecule has 124 valence electrons. The van der Waals surface area contributed by atoms with Gasteiger partial charge in [0.25, 0.3) is 5.91 Å². The van der Waals surface area contributed by atoms with Gasteiger partial charge in [-0.25, -0.2) is 0 Å². The van der Waals surface area contributed by atoms with E-state index in [4.69, 9.17) is 4.42 Å². The van der Waals surface area contributed by atoms with Crippen molar-refractivity contribution in [3.05, 3.63) is 23.2 Å². The third-order valence-electron chi connectivity index (χ3n) is 3.20. The van der Waals surface area contributed by atoms with Crippen molar-refractivity contribution in [2.24, 2.45) is 5.92 Å². The quantitative estimate of drug-likeness (QED) is 0.842. The minimum atomic E-state index is -0.0691. The van der Waals surface area contributed by atoms with Crippen molar-refractivity contribution in [1.82, 2.24) is 10.2 Å². The van der Waals surface area contributed by atoms with E-state index in [1.54, 1.807) is 17.9 Å². The summed E-state index contributed by atoms with van der Waals surface area (Å²) in [6.07, 6.45) is 0.312. The van der Waals surface area contributed by atoms with Crippen molar-refractivity contribution in [2.75, 3.05) is 13.1 Å². The van der Waals surface area contributed by atoms with Crippen LogP contribution < -0.4 is 5.32 Å². The van der Waals surface area contributed by atoms with Gasteiger partial charge in [-0.15, -0.1) is 0 Å². The summed E-state index contributed by atoms with van der Waals surface area (Å²) in [6.45, 7) is 12.6. The molecule has 0 radical (unpaired) electrons. The Morgan fingerprint density at radius 1 is 1.23 bits per heavy atom. The lowest BCUT2D eigenvalue weighted by Gasteiger charge is -2.24. The van der Waals surface area contributed by atoms with Gasteiger partial charge in [-0.1, -0.05) is 13.8 Å². The Morgan fingerprint density at radius 3 is 2.32 bits per heavy atom. The normalized spacial score (nSPS) is 11.1. The molecular formula is C17H28N2O3. The summed E-state index contributed by atoms with van der Waals surface area (Å²) < 4.78 is 5.44. The number of carbonyl (C=O) groups excluding carboxylic acids is 2. The Kier molecular flexibility index (Phi) is 6.65. The fourth-order valence-corrected chi connectivity index (χ4v) is 2.36. The highest BCUT2D eigenvalue weighted by atomic mass is 16.3. The Hall–Kier alpha value is -1.78. The smallest absolute Gasteiger partial charge is 0.257 e. The summed E-state index contributed by atoms with van der Waals surface area (Å²) in [5.41, 5.74) is 0.586. The van der Waals surface area contributed by atoms with Crippen molar-refractivity contribution >= 4 is 11.8 Å². The van der Waals surface area contributed by atoms with Gasteiger partial charge < -0.3 is 14.6 Å². The van der Waals surface area contributed by atoms with Crippen LogP contribution in [0.5, 0.6) is 0 Å². The van der Waals surface area contributed by atoms with Crippen molar-refractivity contribution in [2.45, 2.75) is 54.0 Å². The van der Waals surface area contributed by atoms with Gasteiger partial charge in [-0.05, 0) is 39.7 Å². The first-order chi connectivity index (χ1) is 10.2. The Bertz CT molecular complexity index is 518. The minimum Gasteiger partial charge on any atom is -0.466 e. The number of carbonyl (C=O) groups is 2. The first-order valence-corrected chi connectivity index (χ1v) is 7.86. The molecule has 0 atom stereocenters. The molecule has 0 saturated carbocycles. The molecule has 5 heteroatoms. The Labute approximate surface area is 133 Å². The van der Waals surface area contributed by atoms with Crippen molar-refractivity contribution < 1.29 is 14.0 Å². The maximum absolute atomic E-state index is 12.7. The fraction of sp³-hybridized carbons (Fsp3) is 0.647. The predicted octanol–water partition coefficient (Wildman–Crippen LogP) is 2.91. The molecule has 0 aromatic carbocycles. The van der Waals surface area contributed by atoms with E-state index in [1.807, 2.05) is 20.8 Å². The van der Waals surface area contributed by atoms with Crippen LogP contribution >= 0.6 is 0 Å². The van der Waals surface area contributed by atoms with E-state index >= 15 is 0 Å². The standard InChI is InChI=1S/C17H28N2O3/c1-11(2)10-19(8-7-16(20)18-12(3)4)17(21)15-9-13(5)22-14(15)6/h9,11-12H,7-8,10H2,1-6H3,(H,18,20). The van der Waals surface area contributed by atoms with Crippen LogP contribution in [0.4, 0.5) is 0 Å². The van der Waals surface area contributed by atoms with Gasteiger partial charge in [0.1, 0.15) is 11.5 Å². The molecule has 2 amide bonds. The van der Waals surface area contributed by atoms with Crippen molar-refractivity contribution in [3.63, 3.8) is 0 Å². The van der Waals surface area contributed by atoms with Crippen LogP contribution in [0, 0.1) is 19.8 Å². The molecule has 0 aliphatic heterocycles. The molecule has 1 heterocycles. The zero-order chi connectivity index (χ0) is 16.9. The van der Waals surface area contributed by atoms with Gasteiger partial charge in [0.05, 0.1) is 5.56 Å². The molecule has 1 N–H and O–H groups in total. The highest BCUT2D eigenvalue weighted by Crippen LogP contribution is 2.17. The van der Waals surface area contributed by atoms with Crippen LogP contribution in [0.25, 0.3) is 0 Å². The van der Waals surface area contributed by atoms with Crippen LogP contribution in [-0.4, -0.2) is 35.8 Å². The molecule has 1 rings (SSSR count). The van der Waals surface area contributed by atoms with E-state index < -0.39 is 0 Å². The number of aryl methyl sites for hydroxylation is 2. The van der Waals surface area contributed by atoms with Gasteiger partial charge in [-0.2, -0.15) is 0 Å². The molecule has 5 nitrogen and oxygen atoms in total. The van der Waals surface area contributed by atoms with Gasteiger partial charge in [0.2, 0.25) is 5.91 Å². The molecule has 0 bridgehead atoms. The minimum absolute atomic E-state index is 0.0309. The highest BCUT2D eigenvalue weighted by molar-refractivity contribution is 5.95. The van der Waals surface area contributed by atoms with Gasteiger partial charge in [0, 0.05) is 25.6 Å². The molecule has 0 fully saturated rings. The lowest BCUT2D eigenvalue weighted by molar-refractivity contribution is -0.121. The Balaban J connectivity index is 2.77. The molecule has 1 aromatic rings. The maximum atomic E-state index is 12.7. The molecule has 0 aliphatic carbocycles. The van der Waals surface area contributed by atoms with Gasteiger partial charge in [-0.3, -0.25) is 9.59 Å². The van der Waals surface area contributed by atoms with Gasteiger partial charge >= 0.3 is 0 Å². The number of hydrogen-bond donors (Lipinski definition) is 1. The van der Waals surface area contributed by atoms with Crippen LogP contribution in [0.3, 0.4) is 0 Å². The Morgan fingerprint density at radius 2 is 1.86 bits per heavy atom. The second-order valence-corrected chi connectivity index (χ2v) is 6.44. The number of amides is 2. The van der Waals surface area contributed by atoms with E-state index in [0.717, 1.165) is 5.76 Å². The summed E-state index contributed by atoms with van der Waals surface area (Å²) in [4.78, 5) is 26.2. The zero-order valence-corrected chi connectivity index (χ0v) is 14.5. The summed E-state index contributed by atoms with van der Waals surface area (Å²) in [5, 5.41) is 2.85. The third-order valence-corrected chi connectivity index (χ3v) is 3.20. The summed E-state index contributed by atoms with van der Waals surface area (Å²) in [6, 6.07) is 1.87. The van der Waals surface area contributed by atoms with E-state index in [9.17, 15) is 9.59 Å². The average molecular weight is 308 g/mol. The van der Waals surface area contributed by atoms with Crippen LogP contribution in [-0.2, 0) is 4.79 Å². The third kappa shape index (κ3) is 5.54. The first kappa shape index (κ1) is 18.3. The molecule has 0 aliphatic rings. The maximum Gasteiger partial charge on any atom is 0.257 e. The molecule has 0 saturated heterocycles. The van der Waals surface area contributed by atoms with E-state index in [-0.39, 0.29) is 17.9 Å². The number of hydrogen-bond acceptors (Lipinski definition) is 3. The average Bonchev–Trinajstić information content (AvgIpc) is 2.71. The number of nitrogens with zero attached hydrogens (tertiary/aromatic N) is 1. The lowest BCUT2D eigenvalue weighted by Crippen LogP contribution is -2.38. The summed E-state index contributed by atoms with van der Waals surface area (Å²) in [7, 11) is 0. The summed E-state index contributed by atoms with van der Waals surface area (Å²) in [5.74, 6) is 1.59. The van der Waals surface area contributed by atoms with E-state index in [0.29, 0.717) is 36.8 Å². The molecule has 0 unspecified atom stereocenters. The second-order valence-electron chi connectivity index (χ2n) is 6.44. The van der Waals surface area contributed by atoms with Crippen LogP contribution in [0.1, 0.15) is 56.0 Å². The SMILES string of the molecule is Cc1cc(C(=O)N(CCC(=O)NC(C)C)CC(C)C)c(C)o1.